The summed E-state index contributed by atoms with van der Waals surface area (Å²) in [4.78, 5) is 13.6. The Labute approximate surface area is 113 Å². The first kappa shape index (κ1) is 12.5. The van der Waals surface area contributed by atoms with Gasteiger partial charge < -0.3 is 16.4 Å². The van der Waals surface area contributed by atoms with Gasteiger partial charge in [-0.05, 0) is 56.4 Å². The van der Waals surface area contributed by atoms with E-state index in [2.05, 4.69) is 4.90 Å². The van der Waals surface area contributed by atoms with E-state index in [0.29, 0.717) is 23.7 Å². The molecule has 2 saturated heterocycles. The second-order valence-corrected chi connectivity index (χ2v) is 5.79. The van der Waals surface area contributed by atoms with Crippen LogP contribution in [0, 0.1) is 0 Å². The molecule has 0 aromatic heterocycles. The fourth-order valence-corrected chi connectivity index (χ4v) is 3.64. The highest BCUT2D eigenvalue weighted by molar-refractivity contribution is 5.93. The predicted molar refractivity (Wildman–Crippen MR) is 76.1 cm³/mol. The van der Waals surface area contributed by atoms with Gasteiger partial charge >= 0.3 is 0 Å². The number of primary amides is 1. The fraction of sp³-hybridized carbons (Fsp3) is 0.533. The Morgan fingerprint density at radius 3 is 2.21 bits per heavy atom. The SMILES string of the molecule is NC(=O)c1ccc(N2C3CCCC2CC(N)C3)cc1. The zero-order valence-corrected chi connectivity index (χ0v) is 11.1. The summed E-state index contributed by atoms with van der Waals surface area (Å²) in [6.45, 7) is 0. The van der Waals surface area contributed by atoms with E-state index < -0.39 is 0 Å². The molecule has 4 nitrogen and oxygen atoms in total. The van der Waals surface area contributed by atoms with Crippen molar-refractivity contribution < 1.29 is 4.79 Å². The number of rotatable bonds is 2. The minimum absolute atomic E-state index is 0.344. The smallest absolute Gasteiger partial charge is 0.248 e. The average Bonchev–Trinajstić information content (AvgIpc) is 2.37. The first-order valence-corrected chi connectivity index (χ1v) is 7.09. The number of carbonyl (C=O) groups is 1. The number of nitrogens with two attached hydrogens (primary N) is 2. The van der Waals surface area contributed by atoms with Gasteiger partial charge in [0.15, 0.2) is 0 Å². The maximum Gasteiger partial charge on any atom is 0.248 e. The van der Waals surface area contributed by atoms with Gasteiger partial charge in [-0.2, -0.15) is 0 Å². The number of piperidine rings is 2. The quantitative estimate of drug-likeness (QED) is 0.848. The Morgan fingerprint density at radius 1 is 1.11 bits per heavy atom. The molecular formula is C15H21N3O. The van der Waals surface area contributed by atoms with Crippen molar-refractivity contribution in [3.8, 4) is 0 Å². The number of nitrogens with zero attached hydrogens (tertiary/aromatic N) is 1. The molecule has 2 bridgehead atoms. The molecule has 1 aromatic rings. The van der Waals surface area contributed by atoms with Crippen molar-refractivity contribution in [3.05, 3.63) is 29.8 Å². The van der Waals surface area contributed by atoms with Crippen molar-refractivity contribution >= 4 is 11.6 Å². The number of anilines is 1. The van der Waals surface area contributed by atoms with E-state index in [-0.39, 0.29) is 5.91 Å². The van der Waals surface area contributed by atoms with E-state index in [1.165, 1.54) is 24.9 Å². The number of hydrogen-bond donors (Lipinski definition) is 2. The van der Waals surface area contributed by atoms with E-state index in [1.807, 2.05) is 24.3 Å². The van der Waals surface area contributed by atoms with E-state index in [0.717, 1.165) is 12.8 Å². The first-order valence-electron chi connectivity index (χ1n) is 7.09. The molecule has 0 radical (unpaired) electrons. The normalized spacial score (nSPS) is 30.2. The Hall–Kier alpha value is -1.55. The summed E-state index contributed by atoms with van der Waals surface area (Å²) in [7, 11) is 0. The van der Waals surface area contributed by atoms with Crippen molar-refractivity contribution in [3.63, 3.8) is 0 Å². The summed E-state index contributed by atoms with van der Waals surface area (Å²) < 4.78 is 0. The molecule has 102 valence electrons. The number of hydrogen-bond acceptors (Lipinski definition) is 3. The molecule has 2 unspecified atom stereocenters. The molecule has 2 aliphatic rings. The van der Waals surface area contributed by atoms with Crippen LogP contribution >= 0.6 is 0 Å². The molecule has 3 rings (SSSR count). The van der Waals surface area contributed by atoms with Crippen LogP contribution in [0.5, 0.6) is 0 Å². The molecule has 1 amide bonds. The van der Waals surface area contributed by atoms with Gasteiger partial charge in [0.25, 0.3) is 0 Å². The Balaban J connectivity index is 1.86. The van der Waals surface area contributed by atoms with Crippen molar-refractivity contribution in [1.29, 1.82) is 0 Å². The zero-order valence-electron chi connectivity index (χ0n) is 11.1. The zero-order chi connectivity index (χ0) is 13.4. The lowest BCUT2D eigenvalue weighted by molar-refractivity contribution is 0.100. The lowest BCUT2D eigenvalue weighted by atomic mass is 9.81. The van der Waals surface area contributed by atoms with Gasteiger partial charge in [-0.25, -0.2) is 0 Å². The third-order valence-corrected chi connectivity index (χ3v) is 4.46. The number of benzene rings is 1. The van der Waals surface area contributed by atoms with Crippen molar-refractivity contribution in [2.75, 3.05) is 4.90 Å². The van der Waals surface area contributed by atoms with Gasteiger partial charge in [-0.3, -0.25) is 4.79 Å². The molecule has 0 spiro atoms. The minimum Gasteiger partial charge on any atom is -0.366 e. The maximum atomic E-state index is 11.1. The van der Waals surface area contributed by atoms with Crippen molar-refractivity contribution in [2.45, 2.75) is 50.2 Å². The van der Waals surface area contributed by atoms with Crippen molar-refractivity contribution in [2.24, 2.45) is 11.5 Å². The summed E-state index contributed by atoms with van der Waals surface area (Å²) in [6.07, 6.45) is 5.91. The highest BCUT2D eigenvalue weighted by Gasteiger charge is 2.36. The lowest BCUT2D eigenvalue weighted by Crippen LogP contribution is -2.55. The highest BCUT2D eigenvalue weighted by Crippen LogP contribution is 2.37. The summed E-state index contributed by atoms with van der Waals surface area (Å²) in [6, 6.07) is 9.13. The fourth-order valence-electron chi connectivity index (χ4n) is 3.64. The molecule has 4 heteroatoms. The molecule has 2 aliphatic heterocycles. The van der Waals surface area contributed by atoms with Crippen LogP contribution in [0.15, 0.2) is 24.3 Å². The average molecular weight is 259 g/mol. The number of amides is 1. The molecule has 19 heavy (non-hydrogen) atoms. The van der Waals surface area contributed by atoms with Gasteiger partial charge in [0.1, 0.15) is 0 Å². The van der Waals surface area contributed by atoms with Gasteiger partial charge in [0.05, 0.1) is 0 Å². The standard InChI is InChI=1S/C15H21N3O/c16-11-8-13-2-1-3-14(9-11)18(13)12-6-4-10(5-7-12)15(17)19/h4-7,11,13-14H,1-3,8-9,16H2,(H2,17,19). The van der Waals surface area contributed by atoms with Crippen LogP contribution in [-0.2, 0) is 0 Å². The van der Waals surface area contributed by atoms with Crippen LogP contribution in [-0.4, -0.2) is 24.0 Å². The van der Waals surface area contributed by atoms with Crippen LogP contribution in [0.25, 0.3) is 0 Å². The molecule has 4 N–H and O–H groups in total. The van der Waals surface area contributed by atoms with Gasteiger partial charge in [-0.1, -0.05) is 0 Å². The maximum absolute atomic E-state index is 11.1. The monoisotopic (exact) mass is 259 g/mol. The third-order valence-electron chi connectivity index (χ3n) is 4.46. The van der Waals surface area contributed by atoms with Crippen LogP contribution in [0.3, 0.4) is 0 Å². The Kier molecular flexibility index (Phi) is 3.19. The predicted octanol–water partition coefficient (Wildman–Crippen LogP) is 1.63. The summed E-state index contributed by atoms with van der Waals surface area (Å²) in [5.41, 5.74) is 13.2. The molecule has 0 saturated carbocycles. The number of carbonyl (C=O) groups excluding carboxylic acids is 1. The largest absolute Gasteiger partial charge is 0.366 e. The second kappa shape index (κ2) is 4.85. The lowest BCUT2D eigenvalue weighted by Gasteiger charge is -2.49. The highest BCUT2D eigenvalue weighted by atomic mass is 16.1. The second-order valence-electron chi connectivity index (χ2n) is 5.79. The summed E-state index contributed by atoms with van der Waals surface area (Å²) >= 11 is 0. The molecule has 2 atom stereocenters. The molecular weight excluding hydrogens is 238 g/mol. The summed E-state index contributed by atoms with van der Waals surface area (Å²) in [5.74, 6) is -0.368. The first-order chi connectivity index (χ1) is 9.15. The minimum atomic E-state index is -0.368. The van der Waals surface area contributed by atoms with Gasteiger partial charge in [-0.15, -0.1) is 0 Å². The van der Waals surface area contributed by atoms with Gasteiger partial charge in [0, 0.05) is 29.4 Å². The molecule has 1 aromatic carbocycles. The van der Waals surface area contributed by atoms with E-state index in [1.54, 1.807) is 0 Å². The topological polar surface area (TPSA) is 72.4 Å². The van der Waals surface area contributed by atoms with Crippen molar-refractivity contribution in [1.82, 2.24) is 0 Å². The van der Waals surface area contributed by atoms with Crippen LogP contribution < -0.4 is 16.4 Å². The Morgan fingerprint density at radius 2 is 1.68 bits per heavy atom. The Bertz CT molecular complexity index is 457. The van der Waals surface area contributed by atoms with Crippen LogP contribution in [0.1, 0.15) is 42.5 Å². The van der Waals surface area contributed by atoms with Crippen LogP contribution in [0.4, 0.5) is 5.69 Å². The van der Waals surface area contributed by atoms with Gasteiger partial charge in [0.2, 0.25) is 5.91 Å². The molecule has 0 aliphatic carbocycles. The van der Waals surface area contributed by atoms with E-state index >= 15 is 0 Å². The third kappa shape index (κ3) is 2.32. The summed E-state index contributed by atoms with van der Waals surface area (Å²) in [5, 5.41) is 0. The number of fused-ring (bicyclic) bond motifs is 2. The molecule has 2 heterocycles. The van der Waals surface area contributed by atoms with Crippen LogP contribution in [0.2, 0.25) is 0 Å². The van der Waals surface area contributed by atoms with E-state index in [9.17, 15) is 4.79 Å². The van der Waals surface area contributed by atoms with E-state index in [4.69, 9.17) is 11.5 Å². The molecule has 2 fully saturated rings.